The fourth-order valence-corrected chi connectivity index (χ4v) is 1.83. The first kappa shape index (κ1) is 11.4. The number of rotatable bonds is 5. The zero-order chi connectivity index (χ0) is 10.4. The Hall–Kier alpha value is -0.670. The molecule has 0 aliphatic carbocycles. The first-order valence-electron chi connectivity index (χ1n) is 4.86. The summed E-state index contributed by atoms with van der Waals surface area (Å²) in [4.78, 5) is 0. The summed E-state index contributed by atoms with van der Waals surface area (Å²) in [5.41, 5.74) is 2.40. The van der Waals surface area contributed by atoms with Crippen LogP contribution in [0.1, 0.15) is 24.5 Å². The lowest BCUT2D eigenvalue weighted by Crippen LogP contribution is -1.99. The summed E-state index contributed by atoms with van der Waals surface area (Å²) in [5.74, 6) is 0.218. The molecule has 0 saturated heterocycles. The summed E-state index contributed by atoms with van der Waals surface area (Å²) < 4.78 is 20.8. The molecule has 78 valence electrons. The van der Waals surface area contributed by atoms with Crippen LogP contribution in [-0.2, 0) is 23.9 Å². The van der Waals surface area contributed by atoms with E-state index in [1.54, 1.807) is 0 Å². The molecule has 1 rings (SSSR count). The van der Waals surface area contributed by atoms with Gasteiger partial charge in [-0.1, -0.05) is 48.7 Å². The van der Waals surface area contributed by atoms with Gasteiger partial charge in [0.2, 0.25) is 0 Å². The molecule has 0 heterocycles. The molecule has 0 fully saturated rings. The third kappa shape index (κ3) is 4.03. The molecular formula is C11H15O2S-. The SMILES string of the molecule is CCCc1cccc(CCS(=O)[O-])c1. The molecule has 0 saturated carbocycles. The monoisotopic (exact) mass is 211 g/mol. The van der Waals surface area contributed by atoms with Crippen molar-refractivity contribution in [2.45, 2.75) is 26.2 Å². The van der Waals surface area contributed by atoms with Crippen LogP contribution in [0.3, 0.4) is 0 Å². The van der Waals surface area contributed by atoms with Crippen LogP contribution in [0, 0.1) is 0 Å². The van der Waals surface area contributed by atoms with Gasteiger partial charge in [0.15, 0.2) is 0 Å². The van der Waals surface area contributed by atoms with Crippen LogP contribution in [0.25, 0.3) is 0 Å². The molecule has 0 aliphatic rings. The van der Waals surface area contributed by atoms with E-state index in [2.05, 4.69) is 19.1 Å². The van der Waals surface area contributed by atoms with Gasteiger partial charge >= 0.3 is 0 Å². The second kappa shape index (κ2) is 5.94. The molecule has 2 nitrogen and oxygen atoms in total. The van der Waals surface area contributed by atoms with Gasteiger partial charge in [0.05, 0.1) is 0 Å². The van der Waals surface area contributed by atoms with Crippen LogP contribution in [0.5, 0.6) is 0 Å². The molecule has 0 aromatic heterocycles. The maximum absolute atomic E-state index is 10.4. The highest BCUT2D eigenvalue weighted by Gasteiger charge is 1.95. The van der Waals surface area contributed by atoms with E-state index in [-0.39, 0.29) is 5.75 Å². The van der Waals surface area contributed by atoms with Crippen molar-refractivity contribution in [1.82, 2.24) is 0 Å². The Balaban J connectivity index is 2.58. The Morgan fingerprint density at radius 1 is 1.29 bits per heavy atom. The van der Waals surface area contributed by atoms with Gasteiger partial charge in [0.1, 0.15) is 0 Å². The van der Waals surface area contributed by atoms with E-state index >= 15 is 0 Å². The quantitative estimate of drug-likeness (QED) is 0.699. The first-order valence-corrected chi connectivity index (χ1v) is 6.10. The third-order valence-corrected chi connectivity index (χ3v) is 2.62. The maximum Gasteiger partial charge on any atom is 0.0142 e. The standard InChI is InChI=1S/C11H16O2S/c1-2-4-10-5-3-6-11(9-10)7-8-14(12)13/h3,5-6,9H,2,4,7-8H2,1H3,(H,12,13)/p-1. The average molecular weight is 211 g/mol. The second-order valence-corrected chi connectivity index (χ2v) is 4.34. The Morgan fingerprint density at radius 2 is 1.93 bits per heavy atom. The van der Waals surface area contributed by atoms with E-state index in [1.807, 2.05) is 12.1 Å². The summed E-state index contributed by atoms with van der Waals surface area (Å²) in [6, 6.07) is 8.15. The van der Waals surface area contributed by atoms with Crippen LogP contribution in [0.2, 0.25) is 0 Å². The molecule has 0 N–H and O–H groups in total. The van der Waals surface area contributed by atoms with Gasteiger partial charge in [-0.05, 0) is 24.0 Å². The fraction of sp³-hybridized carbons (Fsp3) is 0.455. The zero-order valence-corrected chi connectivity index (χ0v) is 9.18. The minimum absolute atomic E-state index is 0.218. The summed E-state index contributed by atoms with van der Waals surface area (Å²) in [7, 11) is 0. The number of hydrogen-bond acceptors (Lipinski definition) is 2. The molecule has 1 unspecified atom stereocenters. The maximum atomic E-state index is 10.4. The van der Waals surface area contributed by atoms with E-state index in [4.69, 9.17) is 0 Å². The molecule has 3 heteroatoms. The van der Waals surface area contributed by atoms with Crippen molar-refractivity contribution in [1.29, 1.82) is 0 Å². The summed E-state index contributed by atoms with van der Waals surface area (Å²) in [6.45, 7) is 2.14. The molecule has 0 bridgehead atoms. The van der Waals surface area contributed by atoms with Gasteiger partial charge in [-0.25, -0.2) is 0 Å². The van der Waals surface area contributed by atoms with Gasteiger partial charge in [0, 0.05) is 5.75 Å². The zero-order valence-electron chi connectivity index (χ0n) is 8.36. The highest BCUT2D eigenvalue weighted by Crippen LogP contribution is 2.08. The van der Waals surface area contributed by atoms with Gasteiger partial charge in [-0.15, -0.1) is 0 Å². The molecule has 1 aromatic carbocycles. The van der Waals surface area contributed by atoms with Crippen molar-refractivity contribution in [3.8, 4) is 0 Å². The average Bonchev–Trinajstić information content (AvgIpc) is 2.16. The third-order valence-electron chi connectivity index (χ3n) is 2.09. The summed E-state index contributed by atoms with van der Waals surface area (Å²) in [6.07, 6.45) is 2.80. The lowest BCUT2D eigenvalue weighted by atomic mass is 10.1. The van der Waals surface area contributed by atoms with Crippen molar-refractivity contribution in [2.24, 2.45) is 0 Å². The predicted molar refractivity (Wildman–Crippen MR) is 57.9 cm³/mol. The molecule has 1 atom stereocenters. The van der Waals surface area contributed by atoms with E-state index in [1.165, 1.54) is 5.56 Å². The summed E-state index contributed by atoms with van der Waals surface area (Å²) >= 11 is -1.93. The number of hydrogen-bond donors (Lipinski definition) is 0. The lowest BCUT2D eigenvalue weighted by Gasteiger charge is -2.06. The normalized spacial score (nSPS) is 12.7. The predicted octanol–water partition coefficient (Wildman–Crippen LogP) is 2.06. The van der Waals surface area contributed by atoms with Crippen molar-refractivity contribution >= 4 is 11.1 Å². The minimum Gasteiger partial charge on any atom is -0.772 e. The first-order chi connectivity index (χ1) is 6.72. The Kier molecular flexibility index (Phi) is 4.84. The van der Waals surface area contributed by atoms with Crippen molar-refractivity contribution in [3.63, 3.8) is 0 Å². The highest BCUT2D eigenvalue weighted by molar-refractivity contribution is 7.79. The van der Waals surface area contributed by atoms with E-state index < -0.39 is 11.1 Å². The minimum atomic E-state index is -1.93. The van der Waals surface area contributed by atoms with Gasteiger partial charge in [-0.2, -0.15) is 0 Å². The molecule has 14 heavy (non-hydrogen) atoms. The molecule has 1 aromatic rings. The number of aryl methyl sites for hydroxylation is 2. The topological polar surface area (TPSA) is 40.1 Å². The van der Waals surface area contributed by atoms with Crippen molar-refractivity contribution in [2.75, 3.05) is 5.75 Å². The van der Waals surface area contributed by atoms with Gasteiger partial charge < -0.3 is 4.55 Å². The Bertz CT molecular complexity index is 310. The fourth-order valence-electron chi connectivity index (χ4n) is 1.43. The Labute approximate surface area is 87.6 Å². The lowest BCUT2D eigenvalue weighted by molar-refractivity contribution is 0.536. The highest BCUT2D eigenvalue weighted by atomic mass is 32.2. The Morgan fingerprint density at radius 3 is 2.50 bits per heavy atom. The van der Waals surface area contributed by atoms with E-state index in [0.717, 1.165) is 18.4 Å². The van der Waals surface area contributed by atoms with Gasteiger partial charge in [0.25, 0.3) is 0 Å². The van der Waals surface area contributed by atoms with Crippen LogP contribution >= 0.6 is 0 Å². The molecular weight excluding hydrogens is 196 g/mol. The number of benzene rings is 1. The van der Waals surface area contributed by atoms with E-state index in [9.17, 15) is 8.76 Å². The molecule has 0 spiro atoms. The van der Waals surface area contributed by atoms with E-state index in [0.29, 0.717) is 6.42 Å². The van der Waals surface area contributed by atoms with Crippen LogP contribution in [0.4, 0.5) is 0 Å². The van der Waals surface area contributed by atoms with Crippen LogP contribution in [-0.4, -0.2) is 14.5 Å². The summed E-state index contributed by atoms with van der Waals surface area (Å²) in [5, 5.41) is 0. The van der Waals surface area contributed by atoms with Crippen LogP contribution < -0.4 is 0 Å². The van der Waals surface area contributed by atoms with Crippen molar-refractivity contribution < 1.29 is 8.76 Å². The largest absolute Gasteiger partial charge is 0.772 e. The van der Waals surface area contributed by atoms with Crippen molar-refractivity contribution in [3.05, 3.63) is 35.4 Å². The smallest absolute Gasteiger partial charge is 0.0142 e. The second-order valence-electron chi connectivity index (χ2n) is 3.33. The van der Waals surface area contributed by atoms with Crippen LogP contribution in [0.15, 0.2) is 24.3 Å². The molecule has 0 amide bonds. The van der Waals surface area contributed by atoms with Gasteiger partial charge in [-0.3, -0.25) is 4.21 Å². The molecule has 0 radical (unpaired) electrons. The molecule has 0 aliphatic heterocycles.